The van der Waals surface area contributed by atoms with Gasteiger partial charge in [-0.2, -0.15) is 0 Å². The maximum Gasteiger partial charge on any atom is 0.326 e. The van der Waals surface area contributed by atoms with E-state index in [1.807, 2.05) is 0 Å². The Morgan fingerprint density at radius 2 is 2.64 bits per heavy atom. The Hall–Kier alpha value is -1.39. The molecule has 58 valence electrons. The number of carbonyl (C=O) groups is 1. The minimum atomic E-state index is -0.802. The first-order chi connectivity index (χ1) is 5.29. The van der Waals surface area contributed by atoms with Gasteiger partial charge in [0, 0.05) is 6.42 Å². The molecule has 0 radical (unpaired) electrons. The van der Waals surface area contributed by atoms with Crippen molar-refractivity contribution in [2.75, 3.05) is 0 Å². The fraction of sp³-hybridized carbons (Fsp3) is 0.500. The Bertz CT molecular complexity index is 294. The number of aromatic nitrogens is 3. The predicted octanol–water partition coefficient (Wildman–Crippen LogP) is -0.150. The van der Waals surface area contributed by atoms with Crippen molar-refractivity contribution in [1.29, 1.82) is 0 Å². The van der Waals surface area contributed by atoms with Crippen molar-refractivity contribution in [2.45, 2.75) is 18.9 Å². The fourth-order valence-electron chi connectivity index (χ4n) is 1.35. The molecule has 11 heavy (non-hydrogen) atoms. The van der Waals surface area contributed by atoms with Gasteiger partial charge in [-0.3, -0.25) is 0 Å². The molecular formula is C6H7N3O2. The van der Waals surface area contributed by atoms with Crippen LogP contribution in [0.25, 0.3) is 0 Å². The van der Waals surface area contributed by atoms with Gasteiger partial charge in [-0.1, -0.05) is 0 Å². The molecule has 0 saturated carbocycles. The highest BCUT2D eigenvalue weighted by atomic mass is 16.4. The van der Waals surface area contributed by atoms with E-state index in [0.29, 0.717) is 6.42 Å². The van der Waals surface area contributed by atoms with Crippen molar-refractivity contribution in [3.8, 4) is 0 Å². The van der Waals surface area contributed by atoms with Gasteiger partial charge in [0.15, 0.2) is 0 Å². The zero-order valence-corrected chi connectivity index (χ0v) is 5.77. The molecule has 1 atom stereocenters. The van der Waals surface area contributed by atoms with Crippen molar-refractivity contribution < 1.29 is 9.90 Å². The van der Waals surface area contributed by atoms with E-state index in [1.54, 1.807) is 4.57 Å². The van der Waals surface area contributed by atoms with Gasteiger partial charge < -0.3 is 9.67 Å². The molecule has 5 nitrogen and oxygen atoms in total. The molecule has 0 aliphatic carbocycles. The van der Waals surface area contributed by atoms with E-state index in [-0.39, 0.29) is 0 Å². The second kappa shape index (κ2) is 2.05. The Morgan fingerprint density at radius 3 is 3.36 bits per heavy atom. The molecule has 1 aromatic rings. The first-order valence-corrected chi connectivity index (χ1v) is 3.40. The van der Waals surface area contributed by atoms with Crippen molar-refractivity contribution in [2.24, 2.45) is 0 Å². The van der Waals surface area contributed by atoms with Crippen LogP contribution in [0.5, 0.6) is 0 Å². The van der Waals surface area contributed by atoms with Crippen LogP contribution in [0, 0.1) is 0 Å². The maximum absolute atomic E-state index is 10.6. The van der Waals surface area contributed by atoms with Gasteiger partial charge in [0.1, 0.15) is 18.2 Å². The van der Waals surface area contributed by atoms with E-state index in [9.17, 15) is 4.79 Å². The number of nitrogens with zero attached hydrogens (tertiary/aromatic N) is 3. The Balaban J connectivity index is 2.38. The van der Waals surface area contributed by atoms with Crippen LogP contribution in [0.1, 0.15) is 18.3 Å². The van der Waals surface area contributed by atoms with Gasteiger partial charge in [-0.15, -0.1) is 10.2 Å². The molecule has 0 bridgehead atoms. The van der Waals surface area contributed by atoms with E-state index in [4.69, 9.17) is 5.11 Å². The van der Waals surface area contributed by atoms with Crippen LogP contribution in [0.4, 0.5) is 0 Å². The average Bonchev–Trinajstić information content (AvgIpc) is 2.41. The first-order valence-electron chi connectivity index (χ1n) is 3.40. The van der Waals surface area contributed by atoms with Crippen molar-refractivity contribution in [1.82, 2.24) is 14.8 Å². The standard InChI is InChI=1S/C6H7N3O2/c10-6(11)4-1-2-5-8-7-3-9(4)5/h3-4H,1-2H2,(H,10,11). The van der Waals surface area contributed by atoms with E-state index in [2.05, 4.69) is 10.2 Å². The van der Waals surface area contributed by atoms with E-state index < -0.39 is 12.0 Å². The second-order valence-corrected chi connectivity index (χ2v) is 2.55. The molecule has 0 fully saturated rings. The molecule has 0 spiro atoms. The Labute approximate surface area is 62.7 Å². The Morgan fingerprint density at radius 1 is 1.82 bits per heavy atom. The van der Waals surface area contributed by atoms with Gasteiger partial charge in [0.25, 0.3) is 0 Å². The highest BCUT2D eigenvalue weighted by Gasteiger charge is 2.28. The van der Waals surface area contributed by atoms with Crippen LogP contribution in [-0.4, -0.2) is 25.8 Å². The largest absolute Gasteiger partial charge is 0.480 e. The number of carboxylic acids is 1. The minimum absolute atomic E-state index is 0.444. The van der Waals surface area contributed by atoms with Crippen LogP contribution in [0.3, 0.4) is 0 Å². The molecule has 2 heterocycles. The van der Waals surface area contributed by atoms with Crippen LogP contribution >= 0.6 is 0 Å². The number of hydrogen-bond acceptors (Lipinski definition) is 3. The van der Waals surface area contributed by atoms with Crippen molar-refractivity contribution >= 4 is 5.97 Å². The molecule has 0 amide bonds. The first kappa shape index (κ1) is 6.33. The fourth-order valence-corrected chi connectivity index (χ4v) is 1.35. The van der Waals surface area contributed by atoms with E-state index in [1.165, 1.54) is 6.33 Å². The molecule has 0 aromatic carbocycles. The molecule has 1 unspecified atom stereocenters. The number of rotatable bonds is 1. The summed E-state index contributed by atoms with van der Waals surface area (Å²) in [5, 5.41) is 16.1. The average molecular weight is 153 g/mol. The Kier molecular flexibility index (Phi) is 1.18. The van der Waals surface area contributed by atoms with E-state index in [0.717, 1.165) is 12.2 Å². The molecule has 1 N–H and O–H groups in total. The molecule has 1 aliphatic heterocycles. The summed E-state index contributed by atoms with van der Waals surface area (Å²) in [6.45, 7) is 0. The van der Waals surface area contributed by atoms with Gasteiger partial charge in [0.05, 0.1) is 0 Å². The number of aliphatic carboxylic acids is 1. The topological polar surface area (TPSA) is 68.0 Å². The summed E-state index contributed by atoms with van der Waals surface area (Å²) in [6, 6.07) is -0.444. The van der Waals surface area contributed by atoms with Crippen LogP contribution in [0.2, 0.25) is 0 Å². The molecule has 2 rings (SSSR count). The summed E-state index contributed by atoms with van der Waals surface area (Å²) >= 11 is 0. The molecule has 1 aliphatic rings. The zero-order valence-electron chi connectivity index (χ0n) is 5.77. The SMILES string of the molecule is O=C(O)C1CCc2nncn21. The molecule has 0 saturated heterocycles. The summed E-state index contributed by atoms with van der Waals surface area (Å²) < 4.78 is 1.61. The number of aryl methyl sites for hydroxylation is 1. The van der Waals surface area contributed by atoms with Gasteiger partial charge in [0.2, 0.25) is 0 Å². The summed E-state index contributed by atoms with van der Waals surface area (Å²) in [5.41, 5.74) is 0. The predicted molar refractivity (Wildman–Crippen MR) is 35.0 cm³/mol. The quantitative estimate of drug-likeness (QED) is 0.609. The third-order valence-electron chi connectivity index (χ3n) is 1.91. The van der Waals surface area contributed by atoms with Crippen LogP contribution in [0.15, 0.2) is 6.33 Å². The minimum Gasteiger partial charge on any atom is -0.480 e. The normalized spacial score (nSPS) is 21.6. The lowest BCUT2D eigenvalue weighted by molar-refractivity contribution is -0.140. The molecular weight excluding hydrogens is 146 g/mol. The third-order valence-corrected chi connectivity index (χ3v) is 1.91. The maximum atomic E-state index is 10.6. The second-order valence-electron chi connectivity index (χ2n) is 2.55. The zero-order chi connectivity index (χ0) is 7.84. The smallest absolute Gasteiger partial charge is 0.326 e. The summed E-state index contributed by atoms with van der Waals surface area (Å²) in [5.74, 6) is -0.0269. The van der Waals surface area contributed by atoms with Crippen molar-refractivity contribution in [3.05, 3.63) is 12.2 Å². The number of fused-ring (bicyclic) bond motifs is 1. The van der Waals surface area contributed by atoms with Crippen molar-refractivity contribution in [3.63, 3.8) is 0 Å². The van der Waals surface area contributed by atoms with Gasteiger partial charge in [-0.25, -0.2) is 4.79 Å². The number of carboxylic acid groups (broad SMARTS) is 1. The van der Waals surface area contributed by atoms with Crippen LogP contribution < -0.4 is 0 Å². The lowest BCUT2D eigenvalue weighted by atomic mass is 10.2. The monoisotopic (exact) mass is 153 g/mol. The third kappa shape index (κ3) is 0.806. The highest BCUT2D eigenvalue weighted by molar-refractivity contribution is 5.72. The van der Waals surface area contributed by atoms with E-state index >= 15 is 0 Å². The molecule has 1 aromatic heterocycles. The lowest BCUT2D eigenvalue weighted by Gasteiger charge is -2.03. The molecule has 5 heteroatoms. The summed E-state index contributed by atoms with van der Waals surface area (Å²) in [6.07, 6.45) is 2.83. The highest BCUT2D eigenvalue weighted by Crippen LogP contribution is 2.23. The van der Waals surface area contributed by atoms with Gasteiger partial charge >= 0.3 is 5.97 Å². The summed E-state index contributed by atoms with van der Waals surface area (Å²) in [4.78, 5) is 10.6. The van der Waals surface area contributed by atoms with Crippen LogP contribution in [-0.2, 0) is 11.2 Å². The summed E-state index contributed by atoms with van der Waals surface area (Å²) in [7, 11) is 0. The lowest BCUT2D eigenvalue weighted by Crippen LogP contribution is -2.13. The number of hydrogen-bond donors (Lipinski definition) is 1. The van der Waals surface area contributed by atoms with Gasteiger partial charge in [-0.05, 0) is 6.42 Å².